The van der Waals surface area contributed by atoms with Crippen LogP contribution in [0.2, 0.25) is 0 Å². The van der Waals surface area contributed by atoms with E-state index < -0.39 is 0 Å². The second-order valence-corrected chi connectivity index (χ2v) is 6.72. The van der Waals surface area contributed by atoms with Crippen molar-refractivity contribution in [2.75, 3.05) is 38.6 Å². The van der Waals surface area contributed by atoms with Gasteiger partial charge in [0.05, 0.1) is 9.58 Å². The summed E-state index contributed by atoms with van der Waals surface area (Å²) in [6.45, 7) is 4.57. The summed E-state index contributed by atoms with van der Waals surface area (Å²) in [7, 11) is 3.94. The van der Waals surface area contributed by atoms with E-state index in [9.17, 15) is 4.79 Å². The van der Waals surface area contributed by atoms with Crippen molar-refractivity contribution < 1.29 is 4.79 Å². The monoisotopic (exact) mass is 312 g/mol. The molecule has 0 fully saturated rings. The summed E-state index contributed by atoms with van der Waals surface area (Å²) in [6.07, 6.45) is 1.11. The van der Waals surface area contributed by atoms with E-state index in [1.54, 1.807) is 11.3 Å². The van der Waals surface area contributed by atoms with Gasteiger partial charge >= 0.3 is 0 Å². The molecule has 0 radical (unpaired) electrons. The number of thiazole rings is 1. The van der Waals surface area contributed by atoms with Crippen LogP contribution in [0.1, 0.15) is 23.0 Å². The molecule has 0 unspecified atom stereocenters. The van der Waals surface area contributed by atoms with Crippen LogP contribution in [0.15, 0.2) is 6.07 Å². The number of carbonyl (C=O) groups excluding carboxylic acids is 1. The highest BCUT2D eigenvalue weighted by Gasteiger charge is 2.14. The van der Waals surface area contributed by atoms with E-state index >= 15 is 0 Å². The smallest absolute Gasteiger partial charge is 0.261 e. The highest BCUT2D eigenvalue weighted by Crippen LogP contribution is 2.33. The van der Waals surface area contributed by atoms with Gasteiger partial charge in [0.25, 0.3) is 5.91 Å². The van der Waals surface area contributed by atoms with Crippen LogP contribution in [0.3, 0.4) is 0 Å². The molecule has 5 nitrogen and oxygen atoms in total. The Balaban J connectivity index is 1.92. The number of fused-ring (bicyclic) bond motifs is 1. The Labute approximate surface area is 127 Å². The van der Waals surface area contributed by atoms with Crippen molar-refractivity contribution in [2.24, 2.45) is 0 Å². The van der Waals surface area contributed by atoms with E-state index in [1.165, 1.54) is 11.3 Å². The maximum absolute atomic E-state index is 12.0. The lowest BCUT2D eigenvalue weighted by Gasteiger charge is -2.05. The summed E-state index contributed by atoms with van der Waals surface area (Å²) in [5, 5.41) is 7.15. The number of nitrogens with zero attached hydrogens (tertiary/aromatic N) is 2. The molecule has 0 aromatic carbocycles. The van der Waals surface area contributed by atoms with Crippen LogP contribution in [0.5, 0.6) is 0 Å². The molecule has 0 atom stereocenters. The predicted octanol–water partition coefficient (Wildman–Crippen LogP) is 2.15. The van der Waals surface area contributed by atoms with Gasteiger partial charge in [-0.1, -0.05) is 18.3 Å². The molecule has 20 heavy (non-hydrogen) atoms. The van der Waals surface area contributed by atoms with E-state index in [-0.39, 0.29) is 5.91 Å². The molecule has 2 aromatic heterocycles. The van der Waals surface area contributed by atoms with Crippen molar-refractivity contribution in [2.45, 2.75) is 13.3 Å². The molecule has 0 aliphatic heterocycles. The van der Waals surface area contributed by atoms with E-state index in [1.807, 2.05) is 25.1 Å². The van der Waals surface area contributed by atoms with E-state index in [0.717, 1.165) is 39.0 Å². The summed E-state index contributed by atoms with van der Waals surface area (Å²) < 4.78 is 1.08. The molecule has 1 amide bonds. The first-order valence-electron chi connectivity index (χ1n) is 6.68. The number of carbonyl (C=O) groups is 1. The number of hydrogen-bond donors (Lipinski definition) is 2. The Hall–Kier alpha value is -1.18. The van der Waals surface area contributed by atoms with Crippen LogP contribution in [0.4, 0.5) is 5.13 Å². The topological polar surface area (TPSA) is 57.3 Å². The summed E-state index contributed by atoms with van der Waals surface area (Å²) >= 11 is 3.06. The molecule has 2 N–H and O–H groups in total. The fourth-order valence-electron chi connectivity index (χ4n) is 1.68. The molecule has 0 saturated heterocycles. The van der Waals surface area contributed by atoms with Crippen molar-refractivity contribution in [3.05, 3.63) is 10.9 Å². The Morgan fingerprint density at radius 1 is 1.30 bits per heavy atom. The maximum atomic E-state index is 12.0. The minimum Gasteiger partial charge on any atom is -0.354 e. The SMILES string of the molecule is CCCNCCNC(=O)c1cc2sc(N(C)C)nc2s1. The van der Waals surface area contributed by atoms with Crippen molar-refractivity contribution in [3.63, 3.8) is 0 Å². The molecule has 2 heterocycles. The number of nitrogens with one attached hydrogen (secondary N) is 2. The zero-order valence-corrected chi connectivity index (χ0v) is 13.7. The second-order valence-electron chi connectivity index (χ2n) is 4.68. The fourth-order valence-corrected chi connectivity index (χ4v) is 3.73. The zero-order chi connectivity index (χ0) is 14.5. The number of amides is 1. The standard InChI is InChI=1S/C13H20N4OS2/c1-4-5-14-6-7-15-11(18)9-8-10-12(19-9)16-13(20-10)17(2)3/h8,14H,4-7H2,1-3H3,(H,15,18). The van der Waals surface area contributed by atoms with Crippen LogP contribution in [-0.4, -0.2) is 44.6 Å². The molecule has 0 bridgehead atoms. The molecule has 0 aliphatic rings. The molecule has 110 valence electrons. The Morgan fingerprint density at radius 2 is 2.10 bits per heavy atom. The van der Waals surface area contributed by atoms with Crippen LogP contribution in [0, 0.1) is 0 Å². The first-order valence-corrected chi connectivity index (χ1v) is 8.31. The van der Waals surface area contributed by atoms with Gasteiger partial charge in [-0.3, -0.25) is 4.79 Å². The van der Waals surface area contributed by atoms with Gasteiger partial charge in [0.1, 0.15) is 4.83 Å². The van der Waals surface area contributed by atoms with Gasteiger partial charge in [0.15, 0.2) is 5.13 Å². The predicted molar refractivity (Wildman–Crippen MR) is 87.3 cm³/mol. The van der Waals surface area contributed by atoms with Gasteiger partial charge in [-0.25, -0.2) is 4.98 Å². The molecule has 7 heteroatoms. The summed E-state index contributed by atoms with van der Waals surface area (Å²) in [5.41, 5.74) is 0. The lowest BCUT2D eigenvalue weighted by atomic mass is 10.4. The first-order chi connectivity index (χ1) is 9.61. The van der Waals surface area contributed by atoms with Crippen LogP contribution in [-0.2, 0) is 0 Å². The van der Waals surface area contributed by atoms with Crippen LogP contribution >= 0.6 is 22.7 Å². The number of thiophene rings is 1. The highest BCUT2D eigenvalue weighted by atomic mass is 32.1. The van der Waals surface area contributed by atoms with E-state index in [0.29, 0.717) is 6.54 Å². The Kier molecular flexibility index (Phi) is 5.33. The van der Waals surface area contributed by atoms with Crippen molar-refractivity contribution in [1.29, 1.82) is 0 Å². The Bertz CT molecular complexity index is 544. The minimum absolute atomic E-state index is 0.00935. The first kappa shape index (κ1) is 15.2. The maximum Gasteiger partial charge on any atom is 0.261 e. The largest absolute Gasteiger partial charge is 0.354 e. The van der Waals surface area contributed by atoms with Gasteiger partial charge in [0.2, 0.25) is 0 Å². The average Bonchev–Trinajstić information content (AvgIpc) is 2.96. The minimum atomic E-state index is -0.00935. The van der Waals surface area contributed by atoms with Crippen molar-refractivity contribution >= 4 is 43.2 Å². The third-order valence-electron chi connectivity index (χ3n) is 2.70. The Morgan fingerprint density at radius 3 is 2.75 bits per heavy atom. The summed E-state index contributed by atoms with van der Waals surface area (Å²) in [4.78, 5) is 20.2. The lowest BCUT2D eigenvalue weighted by molar-refractivity contribution is 0.0958. The third-order valence-corrected chi connectivity index (χ3v) is 5.03. The quantitative estimate of drug-likeness (QED) is 0.769. The van der Waals surface area contributed by atoms with Gasteiger partial charge < -0.3 is 15.5 Å². The van der Waals surface area contributed by atoms with Crippen LogP contribution < -0.4 is 15.5 Å². The summed E-state index contributed by atoms with van der Waals surface area (Å²) in [5.74, 6) is -0.00935. The third kappa shape index (κ3) is 3.68. The van der Waals surface area contributed by atoms with E-state index in [4.69, 9.17) is 0 Å². The highest BCUT2D eigenvalue weighted by molar-refractivity contribution is 7.29. The molecule has 0 saturated carbocycles. The lowest BCUT2D eigenvalue weighted by Crippen LogP contribution is -2.31. The van der Waals surface area contributed by atoms with E-state index in [2.05, 4.69) is 22.5 Å². The molecule has 0 spiro atoms. The molecular weight excluding hydrogens is 292 g/mol. The van der Waals surface area contributed by atoms with Gasteiger partial charge in [-0.05, 0) is 19.0 Å². The molecular formula is C13H20N4OS2. The van der Waals surface area contributed by atoms with Crippen molar-refractivity contribution in [1.82, 2.24) is 15.6 Å². The summed E-state index contributed by atoms with van der Waals surface area (Å²) in [6, 6.07) is 1.93. The van der Waals surface area contributed by atoms with Gasteiger partial charge in [-0.2, -0.15) is 0 Å². The number of aromatic nitrogens is 1. The number of hydrogen-bond acceptors (Lipinski definition) is 6. The average molecular weight is 312 g/mol. The number of rotatable bonds is 7. The number of anilines is 1. The molecule has 0 aliphatic carbocycles. The fraction of sp³-hybridized carbons (Fsp3) is 0.538. The van der Waals surface area contributed by atoms with Crippen LogP contribution in [0.25, 0.3) is 9.53 Å². The molecule has 2 aromatic rings. The zero-order valence-electron chi connectivity index (χ0n) is 12.0. The van der Waals surface area contributed by atoms with Gasteiger partial charge in [-0.15, -0.1) is 11.3 Å². The molecule has 2 rings (SSSR count). The normalized spacial score (nSPS) is 10.9. The van der Waals surface area contributed by atoms with Crippen molar-refractivity contribution in [3.8, 4) is 0 Å². The second kappa shape index (κ2) is 7.01. The van der Waals surface area contributed by atoms with Gasteiger partial charge in [0, 0.05) is 27.2 Å².